The first-order valence-corrected chi connectivity index (χ1v) is 7.86. The largest absolute Gasteiger partial charge is 0.364 e. The SMILES string of the molecule is c1ccc(CNc2nc3cccnc3nc2-c2ccccc2)cc1. The fraction of sp³-hybridized carbons (Fsp3) is 0.0500. The number of pyridine rings is 1. The van der Waals surface area contributed by atoms with E-state index >= 15 is 0 Å². The fourth-order valence-corrected chi connectivity index (χ4v) is 2.60. The van der Waals surface area contributed by atoms with Crippen LogP contribution in [0.3, 0.4) is 0 Å². The molecule has 0 atom stereocenters. The van der Waals surface area contributed by atoms with Crippen molar-refractivity contribution >= 4 is 17.0 Å². The number of benzene rings is 2. The predicted octanol–water partition coefficient (Wildman–Crippen LogP) is 4.30. The van der Waals surface area contributed by atoms with Gasteiger partial charge in [0.05, 0.1) is 0 Å². The molecule has 0 fully saturated rings. The minimum Gasteiger partial charge on any atom is -0.364 e. The lowest BCUT2D eigenvalue weighted by atomic mass is 10.1. The van der Waals surface area contributed by atoms with Gasteiger partial charge in [-0.1, -0.05) is 60.7 Å². The lowest BCUT2D eigenvalue weighted by molar-refractivity contribution is 1.10. The third-order valence-electron chi connectivity index (χ3n) is 3.79. The van der Waals surface area contributed by atoms with Crippen LogP contribution in [0.5, 0.6) is 0 Å². The predicted molar refractivity (Wildman–Crippen MR) is 96.5 cm³/mol. The lowest BCUT2D eigenvalue weighted by Gasteiger charge is -2.12. The quantitative estimate of drug-likeness (QED) is 0.610. The number of anilines is 1. The first-order valence-electron chi connectivity index (χ1n) is 7.86. The van der Waals surface area contributed by atoms with Gasteiger partial charge in [0, 0.05) is 18.3 Å². The molecule has 1 N–H and O–H groups in total. The van der Waals surface area contributed by atoms with Crippen molar-refractivity contribution in [2.75, 3.05) is 5.32 Å². The second-order valence-corrected chi connectivity index (χ2v) is 5.47. The van der Waals surface area contributed by atoms with Crippen molar-refractivity contribution in [3.63, 3.8) is 0 Å². The molecule has 0 saturated heterocycles. The molecule has 4 nitrogen and oxygen atoms in total. The summed E-state index contributed by atoms with van der Waals surface area (Å²) >= 11 is 0. The molecule has 0 saturated carbocycles. The van der Waals surface area contributed by atoms with E-state index in [-0.39, 0.29) is 0 Å². The van der Waals surface area contributed by atoms with Gasteiger partial charge in [-0.05, 0) is 17.7 Å². The second-order valence-electron chi connectivity index (χ2n) is 5.47. The van der Waals surface area contributed by atoms with Crippen molar-refractivity contribution in [3.8, 4) is 11.3 Å². The van der Waals surface area contributed by atoms with Crippen LogP contribution in [0.4, 0.5) is 5.82 Å². The Balaban J connectivity index is 1.77. The highest BCUT2D eigenvalue weighted by molar-refractivity contribution is 5.80. The van der Waals surface area contributed by atoms with Crippen LogP contribution in [0.25, 0.3) is 22.4 Å². The van der Waals surface area contributed by atoms with E-state index in [1.54, 1.807) is 6.20 Å². The van der Waals surface area contributed by atoms with Crippen LogP contribution in [0.1, 0.15) is 5.56 Å². The van der Waals surface area contributed by atoms with E-state index in [0.717, 1.165) is 22.6 Å². The van der Waals surface area contributed by atoms with Crippen molar-refractivity contribution in [2.45, 2.75) is 6.54 Å². The number of aromatic nitrogens is 3. The van der Waals surface area contributed by atoms with E-state index < -0.39 is 0 Å². The monoisotopic (exact) mass is 312 g/mol. The van der Waals surface area contributed by atoms with Gasteiger partial charge < -0.3 is 5.32 Å². The van der Waals surface area contributed by atoms with Crippen LogP contribution in [0.2, 0.25) is 0 Å². The number of rotatable bonds is 4. The summed E-state index contributed by atoms with van der Waals surface area (Å²) in [5.74, 6) is 0.769. The maximum Gasteiger partial charge on any atom is 0.178 e. The Morgan fingerprint density at radius 1 is 0.750 bits per heavy atom. The highest BCUT2D eigenvalue weighted by Crippen LogP contribution is 2.26. The molecule has 0 spiro atoms. The van der Waals surface area contributed by atoms with E-state index in [1.165, 1.54) is 5.56 Å². The molecule has 0 bridgehead atoms. The number of fused-ring (bicyclic) bond motifs is 1. The van der Waals surface area contributed by atoms with Crippen LogP contribution < -0.4 is 5.32 Å². The van der Waals surface area contributed by atoms with Crippen molar-refractivity contribution in [1.82, 2.24) is 15.0 Å². The van der Waals surface area contributed by atoms with Crippen molar-refractivity contribution in [1.29, 1.82) is 0 Å². The molecule has 0 aliphatic carbocycles. The number of hydrogen-bond acceptors (Lipinski definition) is 4. The van der Waals surface area contributed by atoms with Gasteiger partial charge in [-0.3, -0.25) is 0 Å². The molecule has 4 rings (SSSR count). The molecule has 0 radical (unpaired) electrons. The van der Waals surface area contributed by atoms with Crippen molar-refractivity contribution in [3.05, 3.63) is 84.6 Å². The van der Waals surface area contributed by atoms with Gasteiger partial charge in [0.25, 0.3) is 0 Å². The average molecular weight is 312 g/mol. The topological polar surface area (TPSA) is 50.7 Å². The summed E-state index contributed by atoms with van der Waals surface area (Å²) in [7, 11) is 0. The third-order valence-corrected chi connectivity index (χ3v) is 3.79. The zero-order valence-corrected chi connectivity index (χ0v) is 13.1. The number of nitrogens with one attached hydrogen (secondary N) is 1. The maximum atomic E-state index is 4.73. The van der Waals surface area contributed by atoms with Crippen LogP contribution in [0, 0.1) is 0 Å². The summed E-state index contributed by atoms with van der Waals surface area (Å²) in [5, 5.41) is 3.42. The molecule has 0 amide bonds. The number of hydrogen-bond donors (Lipinski definition) is 1. The van der Waals surface area contributed by atoms with Gasteiger partial charge in [-0.25, -0.2) is 15.0 Å². The normalized spacial score (nSPS) is 10.7. The molecule has 4 aromatic rings. The molecular formula is C20H16N4. The second kappa shape index (κ2) is 6.46. The van der Waals surface area contributed by atoms with Gasteiger partial charge in [0.2, 0.25) is 0 Å². The lowest BCUT2D eigenvalue weighted by Crippen LogP contribution is -2.05. The van der Waals surface area contributed by atoms with Crippen LogP contribution in [-0.2, 0) is 6.54 Å². The Hall–Kier alpha value is -3.27. The summed E-state index contributed by atoms with van der Waals surface area (Å²) in [6.45, 7) is 0.696. The van der Waals surface area contributed by atoms with E-state index in [0.29, 0.717) is 12.2 Å². The number of nitrogens with zero attached hydrogens (tertiary/aromatic N) is 3. The van der Waals surface area contributed by atoms with Crippen LogP contribution >= 0.6 is 0 Å². The minimum atomic E-state index is 0.654. The summed E-state index contributed by atoms with van der Waals surface area (Å²) < 4.78 is 0. The first-order chi connectivity index (χ1) is 11.9. The Kier molecular flexibility index (Phi) is 3.86. The molecule has 0 aliphatic heterocycles. The zero-order chi connectivity index (χ0) is 16.2. The van der Waals surface area contributed by atoms with Crippen molar-refractivity contribution in [2.24, 2.45) is 0 Å². The highest BCUT2D eigenvalue weighted by atomic mass is 15.0. The summed E-state index contributed by atoms with van der Waals surface area (Å²) in [5.41, 5.74) is 4.48. The molecule has 0 aliphatic rings. The van der Waals surface area contributed by atoms with E-state index in [4.69, 9.17) is 9.97 Å². The van der Waals surface area contributed by atoms with E-state index in [1.807, 2.05) is 60.7 Å². The van der Waals surface area contributed by atoms with Gasteiger partial charge in [0.15, 0.2) is 11.5 Å². The molecule has 116 valence electrons. The Morgan fingerprint density at radius 3 is 2.29 bits per heavy atom. The van der Waals surface area contributed by atoms with Gasteiger partial charge in [-0.15, -0.1) is 0 Å². The Labute approximate surface area is 140 Å². The summed E-state index contributed by atoms with van der Waals surface area (Å²) in [6.07, 6.45) is 1.74. The smallest absolute Gasteiger partial charge is 0.178 e. The Bertz CT molecular complexity index is 953. The Morgan fingerprint density at radius 2 is 1.50 bits per heavy atom. The third kappa shape index (κ3) is 2.94. The summed E-state index contributed by atoms with van der Waals surface area (Å²) in [6, 6.07) is 24.1. The highest BCUT2D eigenvalue weighted by Gasteiger charge is 2.11. The van der Waals surface area contributed by atoms with Crippen molar-refractivity contribution < 1.29 is 0 Å². The first kappa shape index (κ1) is 14.3. The fourth-order valence-electron chi connectivity index (χ4n) is 2.60. The average Bonchev–Trinajstić information content (AvgIpc) is 2.67. The van der Waals surface area contributed by atoms with Gasteiger partial charge in [0.1, 0.15) is 11.2 Å². The molecular weight excluding hydrogens is 296 g/mol. The molecule has 4 heteroatoms. The standard InChI is InChI=1S/C20H16N4/c1-3-8-15(9-4-1)14-22-20-18(16-10-5-2-6-11-16)24-19-17(23-20)12-7-13-21-19/h1-13H,14H2,(H,22,23). The molecule has 2 aromatic carbocycles. The molecule has 0 unspecified atom stereocenters. The molecule has 2 aromatic heterocycles. The van der Waals surface area contributed by atoms with Crippen LogP contribution in [0.15, 0.2) is 79.0 Å². The van der Waals surface area contributed by atoms with Gasteiger partial charge in [-0.2, -0.15) is 0 Å². The summed E-state index contributed by atoms with van der Waals surface area (Å²) in [4.78, 5) is 13.8. The van der Waals surface area contributed by atoms with E-state index in [2.05, 4.69) is 22.4 Å². The van der Waals surface area contributed by atoms with Gasteiger partial charge >= 0.3 is 0 Å². The maximum absolute atomic E-state index is 4.73. The van der Waals surface area contributed by atoms with E-state index in [9.17, 15) is 0 Å². The molecule has 2 heterocycles. The zero-order valence-electron chi connectivity index (χ0n) is 13.1. The minimum absolute atomic E-state index is 0.654. The molecule has 24 heavy (non-hydrogen) atoms. The van der Waals surface area contributed by atoms with Crippen LogP contribution in [-0.4, -0.2) is 15.0 Å².